The molecule has 2 unspecified atom stereocenters. The van der Waals surface area contributed by atoms with Gasteiger partial charge in [-0.25, -0.2) is 4.98 Å². The second-order valence-corrected chi connectivity index (χ2v) is 5.08. The van der Waals surface area contributed by atoms with Crippen LogP contribution in [0.25, 0.3) is 0 Å². The zero-order valence-corrected chi connectivity index (χ0v) is 10.6. The molecular weight excluding hydrogens is 198 g/mol. The Morgan fingerprint density at radius 1 is 1.56 bits per heavy atom. The van der Waals surface area contributed by atoms with Crippen LogP contribution < -0.4 is 5.32 Å². The quantitative estimate of drug-likeness (QED) is 0.800. The first-order valence-corrected chi connectivity index (χ1v) is 6.43. The van der Waals surface area contributed by atoms with Crippen LogP contribution in [0.1, 0.15) is 45.0 Å². The van der Waals surface area contributed by atoms with Crippen LogP contribution in [0.5, 0.6) is 0 Å². The van der Waals surface area contributed by atoms with E-state index in [1.807, 2.05) is 12.4 Å². The highest BCUT2D eigenvalue weighted by molar-refractivity contribution is 4.98. The Morgan fingerprint density at radius 3 is 2.81 bits per heavy atom. The summed E-state index contributed by atoms with van der Waals surface area (Å²) < 4.78 is 2.11. The average molecular weight is 221 g/mol. The first kappa shape index (κ1) is 11.6. The van der Waals surface area contributed by atoms with Gasteiger partial charge in [-0.3, -0.25) is 0 Å². The minimum Gasteiger partial charge on any atom is -0.337 e. The summed E-state index contributed by atoms with van der Waals surface area (Å²) in [6.45, 7) is 5.69. The van der Waals surface area contributed by atoms with Crippen molar-refractivity contribution in [3.63, 3.8) is 0 Å². The van der Waals surface area contributed by atoms with E-state index in [9.17, 15) is 0 Å². The summed E-state index contributed by atoms with van der Waals surface area (Å²) in [6, 6.07) is 0.404. The molecular formula is C13H23N3. The predicted octanol–water partition coefficient (Wildman–Crippen LogP) is 2.51. The number of imidazole rings is 1. The minimum atomic E-state index is 0.404. The highest BCUT2D eigenvalue weighted by Crippen LogP contribution is 2.36. The average Bonchev–Trinajstić information content (AvgIpc) is 3.04. The fraction of sp³-hybridized carbons (Fsp3) is 0.769. The van der Waals surface area contributed by atoms with Crippen LogP contribution in [0.4, 0.5) is 0 Å². The molecule has 16 heavy (non-hydrogen) atoms. The van der Waals surface area contributed by atoms with E-state index in [2.05, 4.69) is 35.8 Å². The maximum absolute atomic E-state index is 4.43. The van der Waals surface area contributed by atoms with E-state index in [0.29, 0.717) is 6.04 Å². The van der Waals surface area contributed by atoms with E-state index < -0.39 is 0 Å². The molecule has 2 atom stereocenters. The first-order valence-electron chi connectivity index (χ1n) is 6.43. The lowest BCUT2D eigenvalue weighted by molar-refractivity contribution is 0.400. The number of nitrogens with zero attached hydrogens (tertiary/aromatic N) is 2. The largest absolute Gasteiger partial charge is 0.337 e. The number of rotatable bonds is 6. The molecule has 1 heterocycles. The summed E-state index contributed by atoms with van der Waals surface area (Å²) in [6.07, 6.45) is 7.86. The van der Waals surface area contributed by atoms with Gasteiger partial charge < -0.3 is 9.88 Å². The predicted molar refractivity (Wildman–Crippen MR) is 66.1 cm³/mol. The lowest BCUT2D eigenvalue weighted by atomic mass is 10.1. The van der Waals surface area contributed by atoms with Crippen molar-refractivity contribution in [3.05, 3.63) is 18.2 Å². The second-order valence-electron chi connectivity index (χ2n) is 5.08. The van der Waals surface area contributed by atoms with Gasteiger partial charge in [0.15, 0.2) is 0 Å². The van der Waals surface area contributed by atoms with Crippen LogP contribution >= 0.6 is 0 Å². The van der Waals surface area contributed by atoms with Crippen LogP contribution in [0.2, 0.25) is 0 Å². The van der Waals surface area contributed by atoms with Crippen LogP contribution in [0.15, 0.2) is 12.4 Å². The molecule has 0 bridgehead atoms. The highest BCUT2D eigenvalue weighted by Gasteiger charge is 2.28. The summed E-state index contributed by atoms with van der Waals surface area (Å²) in [5.74, 6) is 2.95. The number of aromatic nitrogens is 2. The molecule has 0 aromatic carbocycles. The fourth-order valence-corrected chi connectivity index (χ4v) is 2.29. The molecule has 3 nitrogen and oxygen atoms in total. The Labute approximate surface area is 98.3 Å². The van der Waals surface area contributed by atoms with Gasteiger partial charge in [0.25, 0.3) is 0 Å². The molecule has 1 aliphatic rings. The van der Waals surface area contributed by atoms with Gasteiger partial charge in [0.05, 0.1) is 6.04 Å². The lowest BCUT2D eigenvalue weighted by Gasteiger charge is -2.19. The molecule has 1 aromatic heterocycles. The van der Waals surface area contributed by atoms with E-state index in [4.69, 9.17) is 0 Å². The molecule has 1 saturated carbocycles. The molecule has 1 aliphatic carbocycles. The molecule has 0 aliphatic heterocycles. The maximum Gasteiger partial charge on any atom is 0.125 e. The summed E-state index contributed by atoms with van der Waals surface area (Å²) in [7, 11) is 2.07. The standard InChI is InChI=1S/C13H23N3/c1-4-12(13-14-7-8-16(13)3)15-9-10(2)11-5-6-11/h7-8,10-12,15H,4-6,9H2,1-3H3. The zero-order chi connectivity index (χ0) is 11.5. The van der Waals surface area contributed by atoms with Crippen LogP contribution in [-0.4, -0.2) is 16.1 Å². The topological polar surface area (TPSA) is 29.9 Å². The van der Waals surface area contributed by atoms with Crippen molar-refractivity contribution in [2.45, 2.75) is 39.2 Å². The van der Waals surface area contributed by atoms with Gasteiger partial charge >= 0.3 is 0 Å². The van der Waals surface area contributed by atoms with Crippen molar-refractivity contribution in [2.75, 3.05) is 6.54 Å². The maximum atomic E-state index is 4.43. The molecule has 0 saturated heterocycles. The molecule has 0 amide bonds. The minimum absolute atomic E-state index is 0.404. The van der Waals surface area contributed by atoms with E-state index in [-0.39, 0.29) is 0 Å². The first-order chi connectivity index (χ1) is 7.72. The van der Waals surface area contributed by atoms with E-state index >= 15 is 0 Å². The highest BCUT2D eigenvalue weighted by atomic mass is 15.1. The van der Waals surface area contributed by atoms with E-state index in [1.54, 1.807) is 0 Å². The SMILES string of the molecule is CCC(NCC(C)C1CC1)c1nccn1C. The summed E-state index contributed by atoms with van der Waals surface area (Å²) in [4.78, 5) is 4.43. The second kappa shape index (κ2) is 5.00. The zero-order valence-electron chi connectivity index (χ0n) is 10.6. The van der Waals surface area contributed by atoms with Crippen molar-refractivity contribution in [1.29, 1.82) is 0 Å². The van der Waals surface area contributed by atoms with Crippen molar-refractivity contribution in [1.82, 2.24) is 14.9 Å². The van der Waals surface area contributed by atoms with Crippen molar-refractivity contribution in [3.8, 4) is 0 Å². The van der Waals surface area contributed by atoms with Crippen molar-refractivity contribution in [2.24, 2.45) is 18.9 Å². The molecule has 1 fully saturated rings. The molecule has 90 valence electrons. The lowest BCUT2D eigenvalue weighted by Crippen LogP contribution is -2.28. The van der Waals surface area contributed by atoms with Crippen LogP contribution in [0, 0.1) is 11.8 Å². The third-order valence-corrected chi connectivity index (χ3v) is 3.69. The Morgan fingerprint density at radius 2 is 2.31 bits per heavy atom. The van der Waals surface area contributed by atoms with Gasteiger partial charge in [-0.05, 0) is 37.6 Å². The van der Waals surface area contributed by atoms with E-state index in [1.165, 1.54) is 12.8 Å². The van der Waals surface area contributed by atoms with E-state index in [0.717, 1.165) is 30.6 Å². The van der Waals surface area contributed by atoms with Crippen molar-refractivity contribution >= 4 is 0 Å². The van der Waals surface area contributed by atoms with Gasteiger partial charge in [0, 0.05) is 19.4 Å². The van der Waals surface area contributed by atoms with Gasteiger partial charge in [-0.1, -0.05) is 13.8 Å². The number of nitrogens with one attached hydrogen (secondary N) is 1. The Balaban J connectivity index is 1.87. The molecule has 0 radical (unpaired) electrons. The summed E-state index contributed by atoms with van der Waals surface area (Å²) >= 11 is 0. The fourth-order valence-electron chi connectivity index (χ4n) is 2.29. The molecule has 3 heteroatoms. The molecule has 0 spiro atoms. The number of aryl methyl sites for hydroxylation is 1. The van der Waals surface area contributed by atoms with Crippen molar-refractivity contribution < 1.29 is 0 Å². The summed E-state index contributed by atoms with van der Waals surface area (Å²) in [5.41, 5.74) is 0. The number of hydrogen-bond acceptors (Lipinski definition) is 2. The van der Waals surface area contributed by atoms with Crippen LogP contribution in [0.3, 0.4) is 0 Å². The molecule has 1 aromatic rings. The Kier molecular flexibility index (Phi) is 3.64. The smallest absolute Gasteiger partial charge is 0.125 e. The normalized spacial score (nSPS) is 19.7. The van der Waals surface area contributed by atoms with Crippen LogP contribution in [-0.2, 0) is 7.05 Å². The van der Waals surface area contributed by atoms with Gasteiger partial charge in [-0.15, -0.1) is 0 Å². The van der Waals surface area contributed by atoms with Gasteiger partial charge in [-0.2, -0.15) is 0 Å². The Bertz CT molecular complexity index is 328. The number of hydrogen-bond donors (Lipinski definition) is 1. The van der Waals surface area contributed by atoms with Gasteiger partial charge in [0.1, 0.15) is 5.82 Å². The monoisotopic (exact) mass is 221 g/mol. The summed E-state index contributed by atoms with van der Waals surface area (Å²) in [5, 5.41) is 3.65. The molecule has 1 N–H and O–H groups in total. The Hall–Kier alpha value is -0.830. The molecule has 2 rings (SSSR count). The third-order valence-electron chi connectivity index (χ3n) is 3.69. The third kappa shape index (κ3) is 2.64. The van der Waals surface area contributed by atoms with Gasteiger partial charge in [0.2, 0.25) is 0 Å².